The summed E-state index contributed by atoms with van der Waals surface area (Å²) in [6.45, 7) is 3.18. The summed E-state index contributed by atoms with van der Waals surface area (Å²) in [4.78, 5) is 8.80. The van der Waals surface area contributed by atoms with E-state index in [4.69, 9.17) is 4.98 Å². The van der Waals surface area contributed by atoms with Crippen LogP contribution >= 0.6 is 11.3 Å². The Morgan fingerprint density at radius 3 is 2.55 bits per heavy atom. The van der Waals surface area contributed by atoms with E-state index < -0.39 is 0 Å². The molecule has 1 heterocycles. The van der Waals surface area contributed by atoms with Crippen LogP contribution in [0.3, 0.4) is 0 Å². The van der Waals surface area contributed by atoms with E-state index in [0.29, 0.717) is 6.04 Å². The van der Waals surface area contributed by atoms with Crippen LogP contribution in [0.1, 0.15) is 62.4 Å². The van der Waals surface area contributed by atoms with E-state index in [9.17, 15) is 0 Å². The predicted octanol–water partition coefficient (Wildman–Crippen LogP) is 3.97. The molecule has 1 fully saturated rings. The van der Waals surface area contributed by atoms with Crippen LogP contribution in [0.15, 0.2) is 0 Å². The topological polar surface area (TPSA) is 28.2 Å². The van der Waals surface area contributed by atoms with Crippen molar-refractivity contribution in [3.63, 3.8) is 0 Å². The van der Waals surface area contributed by atoms with Gasteiger partial charge in [-0.05, 0) is 26.3 Å². The lowest BCUT2D eigenvalue weighted by Gasteiger charge is -2.26. The molecule has 0 aromatic carbocycles. The van der Waals surface area contributed by atoms with Crippen molar-refractivity contribution in [2.75, 3.05) is 19.0 Å². The Kier molecular flexibility index (Phi) is 6.30. The van der Waals surface area contributed by atoms with Crippen molar-refractivity contribution in [2.24, 2.45) is 0 Å². The number of rotatable bonds is 6. The van der Waals surface area contributed by atoms with E-state index in [-0.39, 0.29) is 0 Å². The molecule has 1 aliphatic carbocycles. The Bertz CT molecular complexity index is 371. The number of nitrogens with one attached hydrogen (secondary N) is 1. The molecule has 20 heavy (non-hydrogen) atoms. The molecule has 0 bridgehead atoms. The third kappa shape index (κ3) is 3.95. The van der Waals surface area contributed by atoms with Crippen molar-refractivity contribution in [2.45, 2.75) is 70.9 Å². The van der Waals surface area contributed by atoms with E-state index >= 15 is 0 Å². The van der Waals surface area contributed by atoms with Crippen LogP contribution in [0.5, 0.6) is 0 Å². The minimum absolute atomic E-state index is 0.695. The second-order valence-corrected chi connectivity index (χ2v) is 6.97. The Hall–Kier alpha value is -0.610. The number of hydrogen-bond donors (Lipinski definition) is 1. The van der Waals surface area contributed by atoms with Gasteiger partial charge in [0.15, 0.2) is 5.13 Å². The molecule has 0 aliphatic heterocycles. The zero-order valence-corrected chi connectivity index (χ0v) is 14.1. The first-order valence-electron chi connectivity index (χ1n) is 8.12. The average molecular weight is 295 g/mol. The Morgan fingerprint density at radius 2 is 1.95 bits per heavy atom. The highest BCUT2D eigenvalue weighted by Crippen LogP contribution is 2.31. The largest absolute Gasteiger partial charge is 0.348 e. The van der Waals surface area contributed by atoms with Gasteiger partial charge in [0, 0.05) is 24.5 Å². The molecule has 0 atom stereocenters. The summed E-state index contributed by atoms with van der Waals surface area (Å²) in [5, 5.41) is 4.50. The smallest absolute Gasteiger partial charge is 0.185 e. The van der Waals surface area contributed by atoms with Gasteiger partial charge in [0.05, 0.1) is 5.69 Å². The van der Waals surface area contributed by atoms with Crippen LogP contribution in [-0.2, 0) is 13.0 Å². The molecule has 0 radical (unpaired) electrons. The molecular formula is C16H29N3S. The lowest BCUT2D eigenvalue weighted by atomic mass is 10.1. The Morgan fingerprint density at radius 1 is 1.25 bits per heavy atom. The number of hydrogen-bond acceptors (Lipinski definition) is 4. The van der Waals surface area contributed by atoms with Gasteiger partial charge in [0.2, 0.25) is 0 Å². The van der Waals surface area contributed by atoms with Crippen molar-refractivity contribution in [3.05, 3.63) is 10.6 Å². The van der Waals surface area contributed by atoms with Gasteiger partial charge < -0.3 is 10.2 Å². The molecule has 1 N–H and O–H groups in total. The lowest BCUT2D eigenvalue weighted by Crippen LogP contribution is -2.30. The number of anilines is 1. The van der Waals surface area contributed by atoms with Gasteiger partial charge in [-0.15, -0.1) is 11.3 Å². The van der Waals surface area contributed by atoms with Gasteiger partial charge in [-0.25, -0.2) is 4.98 Å². The van der Waals surface area contributed by atoms with Gasteiger partial charge in [-0.1, -0.05) is 39.0 Å². The van der Waals surface area contributed by atoms with Crippen molar-refractivity contribution in [3.8, 4) is 0 Å². The Balaban J connectivity index is 2.11. The summed E-state index contributed by atoms with van der Waals surface area (Å²) in [6.07, 6.45) is 10.5. The summed E-state index contributed by atoms with van der Waals surface area (Å²) in [7, 11) is 4.26. The van der Waals surface area contributed by atoms with Crippen molar-refractivity contribution in [1.29, 1.82) is 0 Å². The zero-order valence-electron chi connectivity index (χ0n) is 13.2. The normalized spacial score (nSPS) is 17.1. The van der Waals surface area contributed by atoms with Crippen LogP contribution in [0.25, 0.3) is 0 Å². The van der Waals surface area contributed by atoms with Crippen molar-refractivity contribution < 1.29 is 0 Å². The Labute approximate surface area is 127 Å². The maximum Gasteiger partial charge on any atom is 0.185 e. The summed E-state index contributed by atoms with van der Waals surface area (Å²) in [5.41, 5.74) is 1.31. The van der Waals surface area contributed by atoms with E-state index in [1.165, 1.54) is 60.6 Å². The molecule has 0 saturated heterocycles. The fourth-order valence-corrected chi connectivity index (χ4v) is 4.20. The molecule has 4 heteroatoms. The zero-order chi connectivity index (χ0) is 14.4. The first-order valence-corrected chi connectivity index (χ1v) is 8.94. The molecule has 1 saturated carbocycles. The first kappa shape index (κ1) is 15.8. The van der Waals surface area contributed by atoms with E-state index in [1.54, 1.807) is 0 Å². The quantitative estimate of drug-likeness (QED) is 0.805. The van der Waals surface area contributed by atoms with Gasteiger partial charge in [0.1, 0.15) is 0 Å². The fourth-order valence-electron chi connectivity index (χ4n) is 3.05. The van der Waals surface area contributed by atoms with Gasteiger partial charge in [-0.2, -0.15) is 0 Å². The van der Waals surface area contributed by atoms with Crippen LogP contribution in [0.2, 0.25) is 0 Å². The molecule has 0 unspecified atom stereocenters. The fraction of sp³-hybridized carbons (Fsp3) is 0.812. The number of aromatic nitrogens is 1. The van der Waals surface area contributed by atoms with E-state index in [2.05, 4.69) is 24.2 Å². The third-order valence-corrected chi connectivity index (χ3v) is 5.45. The maximum atomic E-state index is 4.93. The van der Waals surface area contributed by atoms with Crippen molar-refractivity contribution in [1.82, 2.24) is 10.3 Å². The molecule has 1 aliphatic rings. The number of nitrogens with zero attached hydrogens (tertiary/aromatic N) is 2. The second kappa shape index (κ2) is 7.99. The van der Waals surface area contributed by atoms with Crippen LogP contribution in [0.4, 0.5) is 5.13 Å². The minimum atomic E-state index is 0.695. The summed E-state index contributed by atoms with van der Waals surface area (Å²) < 4.78 is 0. The highest BCUT2D eigenvalue weighted by atomic mass is 32.1. The number of thiazole rings is 1. The molecule has 0 spiro atoms. The van der Waals surface area contributed by atoms with Crippen LogP contribution in [-0.4, -0.2) is 25.1 Å². The number of aryl methyl sites for hydroxylation is 1. The molecule has 1 aromatic rings. The third-order valence-electron chi connectivity index (χ3n) is 4.27. The predicted molar refractivity (Wildman–Crippen MR) is 88.8 cm³/mol. The first-order chi connectivity index (χ1) is 9.76. The highest BCUT2D eigenvalue weighted by Gasteiger charge is 2.21. The highest BCUT2D eigenvalue weighted by molar-refractivity contribution is 7.15. The minimum Gasteiger partial charge on any atom is -0.348 e. The van der Waals surface area contributed by atoms with Gasteiger partial charge >= 0.3 is 0 Å². The molecule has 1 aromatic heterocycles. The SMILES string of the molecule is CCCc1nc(N(C)C2CCCCCC2)sc1CNC. The summed E-state index contributed by atoms with van der Waals surface area (Å²) in [5.74, 6) is 0. The van der Waals surface area contributed by atoms with Crippen molar-refractivity contribution >= 4 is 16.5 Å². The monoisotopic (exact) mass is 295 g/mol. The van der Waals surface area contributed by atoms with Gasteiger partial charge in [0.25, 0.3) is 0 Å². The molecule has 114 valence electrons. The molecule has 0 amide bonds. The average Bonchev–Trinajstić information content (AvgIpc) is 2.67. The summed E-state index contributed by atoms with van der Waals surface area (Å²) in [6, 6.07) is 0.695. The lowest BCUT2D eigenvalue weighted by molar-refractivity contribution is 0.552. The van der Waals surface area contributed by atoms with E-state index in [0.717, 1.165) is 13.0 Å². The molecule has 3 nitrogen and oxygen atoms in total. The van der Waals surface area contributed by atoms with Crippen LogP contribution in [0, 0.1) is 0 Å². The molecular weight excluding hydrogens is 266 g/mol. The second-order valence-electron chi connectivity index (χ2n) is 5.90. The standard InChI is InChI=1S/C16H29N3S/c1-4-9-14-15(12-17-2)20-16(18-14)19(3)13-10-7-5-6-8-11-13/h13,17H,4-12H2,1-3H3. The molecule has 2 rings (SSSR count). The van der Waals surface area contributed by atoms with Gasteiger partial charge in [-0.3, -0.25) is 0 Å². The van der Waals surface area contributed by atoms with E-state index in [1.807, 2.05) is 18.4 Å². The van der Waals surface area contributed by atoms with Crippen LogP contribution < -0.4 is 10.2 Å². The maximum absolute atomic E-state index is 4.93. The summed E-state index contributed by atoms with van der Waals surface area (Å²) >= 11 is 1.88.